The second-order valence-electron chi connectivity index (χ2n) is 5.23. The lowest BCUT2D eigenvalue weighted by Gasteiger charge is -2.10. The summed E-state index contributed by atoms with van der Waals surface area (Å²) in [7, 11) is -5.55. The molecule has 0 fully saturated rings. The van der Waals surface area contributed by atoms with Gasteiger partial charge in [-0.05, 0) is 17.5 Å². The van der Waals surface area contributed by atoms with E-state index < -0.39 is 75.1 Å². The van der Waals surface area contributed by atoms with Crippen LogP contribution in [0.2, 0.25) is 0 Å². The highest BCUT2D eigenvalue weighted by Gasteiger charge is 2.39. The van der Waals surface area contributed by atoms with Gasteiger partial charge < -0.3 is 14.7 Å². The Kier molecular flexibility index (Phi) is 4.31. The molecule has 1 aliphatic rings. The van der Waals surface area contributed by atoms with E-state index >= 15 is 0 Å². The first kappa shape index (κ1) is 12.9. The SMILES string of the molecule is O=C=O.[2H]c1c([2H])c([2H])c(C([2H])([2H])S(=O)(=O)OC2=C(N)OC([2H])(c3ccc(CC)cc3)C2=O)c([2H])c1[2H]. The molecule has 8 nitrogen and oxygen atoms in total. The van der Waals surface area contributed by atoms with Crippen molar-refractivity contribution >= 4 is 22.1 Å². The van der Waals surface area contributed by atoms with Crippen LogP contribution in [-0.2, 0) is 45.5 Å². The standard InChI is InChI=1S/C19H19NO5S.CO2/c1-2-13-8-10-15(11-9-13)17-16(21)18(19(20)24-17)25-26(22,23)12-14-6-4-3-5-7-14;2-1-3/h3-11,17H,2,12,20H2,1H3;/i3D,4D,5D,6D,7D,12D2,17D;. The predicted molar refractivity (Wildman–Crippen MR) is 101 cm³/mol. The lowest BCUT2D eigenvalue weighted by molar-refractivity contribution is -0.191. The fraction of sp³-hybridized carbons (Fsp3) is 0.200. The largest absolute Gasteiger partial charge is 0.460 e. The number of hydrogen-bond donors (Lipinski definition) is 1. The molecule has 3 rings (SSSR count). The third kappa shape index (κ3) is 5.78. The van der Waals surface area contributed by atoms with Gasteiger partial charge in [-0.25, -0.2) is 0 Å². The van der Waals surface area contributed by atoms with Crippen molar-refractivity contribution in [1.82, 2.24) is 0 Å². The Morgan fingerprint density at radius 1 is 1.21 bits per heavy atom. The van der Waals surface area contributed by atoms with Gasteiger partial charge in [-0.15, -0.1) is 0 Å². The normalized spacial score (nSPS) is 22.7. The van der Waals surface area contributed by atoms with Gasteiger partial charge in [-0.3, -0.25) is 4.79 Å². The number of nitrogens with two attached hydrogens (primary N) is 1. The summed E-state index contributed by atoms with van der Waals surface area (Å²) in [5, 5.41) is 0. The Morgan fingerprint density at radius 3 is 2.34 bits per heavy atom. The zero-order chi connectivity index (χ0) is 28.5. The van der Waals surface area contributed by atoms with Crippen LogP contribution in [0.3, 0.4) is 0 Å². The van der Waals surface area contributed by atoms with E-state index in [1.807, 2.05) is 6.92 Å². The molecule has 0 aromatic heterocycles. The highest BCUT2D eigenvalue weighted by atomic mass is 32.2. The molecule has 1 aliphatic heterocycles. The van der Waals surface area contributed by atoms with Gasteiger partial charge in [-0.2, -0.15) is 18.0 Å². The Hall–Kier alpha value is -3.42. The fourth-order valence-corrected chi connectivity index (χ4v) is 2.91. The lowest BCUT2D eigenvalue weighted by Crippen LogP contribution is -2.16. The van der Waals surface area contributed by atoms with Crippen molar-refractivity contribution < 1.29 is 42.7 Å². The average molecular weight is 425 g/mol. The molecule has 9 heteroatoms. The topological polar surface area (TPSA) is 130 Å². The first-order valence-corrected chi connectivity index (χ1v) is 9.26. The van der Waals surface area contributed by atoms with Crippen molar-refractivity contribution in [3.63, 3.8) is 0 Å². The minimum absolute atomic E-state index is 0.0160. The minimum Gasteiger partial charge on any atom is -0.460 e. The molecule has 2 N–H and O–H groups in total. The molecular formula is C20H19NO7S. The van der Waals surface area contributed by atoms with Gasteiger partial charge in [0, 0.05) is 5.56 Å². The molecule has 1 heterocycles. The monoisotopic (exact) mass is 425 g/mol. The quantitative estimate of drug-likeness (QED) is 0.695. The van der Waals surface area contributed by atoms with Crippen LogP contribution in [0, 0.1) is 0 Å². The van der Waals surface area contributed by atoms with E-state index in [9.17, 15) is 13.2 Å². The van der Waals surface area contributed by atoms with Crippen molar-refractivity contribution in [2.24, 2.45) is 5.73 Å². The van der Waals surface area contributed by atoms with E-state index in [4.69, 9.17) is 31.0 Å². The van der Waals surface area contributed by atoms with Crippen LogP contribution in [0.1, 0.15) is 40.7 Å². The molecule has 0 amide bonds. The van der Waals surface area contributed by atoms with E-state index in [0.717, 1.165) is 5.56 Å². The number of aryl methyl sites for hydroxylation is 1. The minimum atomic E-state index is -5.55. The maximum absolute atomic E-state index is 12.9. The van der Waals surface area contributed by atoms with Gasteiger partial charge in [-0.1, -0.05) is 61.4 Å². The summed E-state index contributed by atoms with van der Waals surface area (Å²) in [6, 6.07) is 1.10. The van der Waals surface area contributed by atoms with Crippen molar-refractivity contribution in [1.29, 1.82) is 0 Å². The van der Waals surface area contributed by atoms with Gasteiger partial charge >= 0.3 is 16.3 Å². The zero-order valence-corrected chi connectivity index (χ0v) is 15.7. The highest BCUT2D eigenvalue weighted by molar-refractivity contribution is 7.86. The van der Waals surface area contributed by atoms with Crippen molar-refractivity contribution in [2.45, 2.75) is 25.1 Å². The molecule has 2 aromatic rings. The van der Waals surface area contributed by atoms with Gasteiger partial charge in [0.05, 0.1) is 11.0 Å². The zero-order valence-electron chi connectivity index (χ0n) is 22.9. The molecular weight excluding hydrogens is 398 g/mol. The maximum Gasteiger partial charge on any atom is 0.373 e. The van der Waals surface area contributed by atoms with Crippen LogP contribution in [0.15, 0.2) is 66.1 Å². The van der Waals surface area contributed by atoms with Gasteiger partial charge in [0.25, 0.3) is 0 Å². The third-order valence-electron chi connectivity index (χ3n) is 3.39. The molecule has 0 radical (unpaired) electrons. The van der Waals surface area contributed by atoms with Crippen LogP contribution in [0.4, 0.5) is 0 Å². The molecule has 29 heavy (non-hydrogen) atoms. The molecule has 152 valence electrons. The van der Waals surface area contributed by atoms with E-state index in [1.54, 1.807) is 12.1 Å². The molecule has 1 atom stereocenters. The Balaban J connectivity index is 0.00000153. The van der Waals surface area contributed by atoms with E-state index in [1.165, 1.54) is 12.1 Å². The van der Waals surface area contributed by atoms with Crippen LogP contribution in [0.5, 0.6) is 0 Å². The number of ketones is 1. The molecule has 0 bridgehead atoms. The summed E-state index contributed by atoms with van der Waals surface area (Å²) < 4.78 is 98.5. The summed E-state index contributed by atoms with van der Waals surface area (Å²) in [6.45, 7) is 1.89. The van der Waals surface area contributed by atoms with Crippen LogP contribution >= 0.6 is 0 Å². The number of rotatable bonds is 6. The highest BCUT2D eigenvalue weighted by Crippen LogP contribution is 2.32. The second-order valence-corrected chi connectivity index (χ2v) is 6.51. The van der Waals surface area contributed by atoms with Crippen molar-refractivity contribution in [3.8, 4) is 0 Å². The maximum atomic E-state index is 12.9. The van der Waals surface area contributed by atoms with E-state index in [2.05, 4.69) is 4.18 Å². The first-order chi connectivity index (χ1) is 17.0. The summed E-state index contributed by atoms with van der Waals surface area (Å²) in [5.41, 5.74) is 1.59. The number of Topliss-reactive ketones (excluding diaryl/α,β-unsaturated/α-hetero) is 1. The van der Waals surface area contributed by atoms with E-state index in [0.29, 0.717) is 6.42 Å². The smallest absolute Gasteiger partial charge is 0.373 e. The number of hydrogen-bond acceptors (Lipinski definition) is 8. The van der Waals surface area contributed by atoms with Crippen molar-refractivity contribution in [2.75, 3.05) is 0 Å². The van der Waals surface area contributed by atoms with Crippen LogP contribution in [0.25, 0.3) is 0 Å². The molecule has 0 saturated heterocycles. The van der Waals surface area contributed by atoms with Crippen LogP contribution < -0.4 is 5.73 Å². The Bertz CT molecular complexity index is 1390. The predicted octanol–water partition coefficient (Wildman–Crippen LogP) is 1.98. The summed E-state index contributed by atoms with van der Waals surface area (Å²) >= 11 is 0. The number of carbonyl (C=O) groups excluding carboxylic acids is 3. The Morgan fingerprint density at radius 2 is 1.79 bits per heavy atom. The van der Waals surface area contributed by atoms with Gasteiger partial charge in [0.15, 0.2) is 6.08 Å². The molecule has 0 saturated carbocycles. The lowest BCUT2D eigenvalue weighted by atomic mass is 10.0. The van der Waals surface area contributed by atoms with E-state index in [-0.39, 0.29) is 11.7 Å². The second kappa shape index (κ2) is 9.68. The average Bonchev–Trinajstić information content (AvgIpc) is 3.05. The summed E-state index contributed by atoms with van der Waals surface area (Å²) in [6.07, 6.45) is -1.57. The number of ether oxygens (including phenoxy) is 1. The molecule has 0 spiro atoms. The molecule has 2 aromatic carbocycles. The summed E-state index contributed by atoms with van der Waals surface area (Å²) in [4.78, 5) is 29.1. The van der Waals surface area contributed by atoms with Crippen LogP contribution in [-0.4, -0.2) is 20.4 Å². The van der Waals surface area contributed by atoms with Gasteiger partial charge in [0.1, 0.15) is 5.70 Å². The summed E-state index contributed by atoms with van der Waals surface area (Å²) in [5.74, 6) is -3.37. The fourth-order valence-electron chi connectivity index (χ4n) is 2.13. The number of carbonyl (C=O) groups is 1. The Labute approximate surface area is 179 Å². The van der Waals surface area contributed by atoms with Gasteiger partial charge in [0.2, 0.25) is 17.4 Å². The molecule has 1 unspecified atom stereocenters. The third-order valence-corrected chi connectivity index (χ3v) is 4.23. The first-order valence-electron chi connectivity index (χ1n) is 11.8. The number of benzene rings is 2. The molecule has 0 aliphatic carbocycles. The van der Waals surface area contributed by atoms with Crippen molar-refractivity contribution in [3.05, 3.63) is 82.8 Å².